The molecule has 3 atom stereocenters. The number of carbonyl (C=O) groups excluding carboxylic acids is 1. The Bertz CT molecular complexity index is 308. The van der Waals surface area contributed by atoms with Gasteiger partial charge in [0.1, 0.15) is 0 Å². The molecule has 0 spiro atoms. The quantitative estimate of drug-likeness (QED) is 0.670. The van der Waals surface area contributed by atoms with Crippen LogP contribution in [0.5, 0.6) is 0 Å². The summed E-state index contributed by atoms with van der Waals surface area (Å²) in [7, 11) is 0. The number of hydrogen-bond donors (Lipinski definition) is 3. The summed E-state index contributed by atoms with van der Waals surface area (Å²) >= 11 is 0. The maximum absolute atomic E-state index is 11.9. The van der Waals surface area contributed by atoms with Crippen LogP contribution in [0.25, 0.3) is 0 Å². The van der Waals surface area contributed by atoms with Crippen LogP contribution in [0.3, 0.4) is 0 Å². The second-order valence-corrected chi connectivity index (χ2v) is 4.98. The Balaban J connectivity index is 2.40. The van der Waals surface area contributed by atoms with Gasteiger partial charge in [-0.25, -0.2) is 4.79 Å². The second-order valence-electron chi connectivity index (χ2n) is 4.98. The molecule has 1 saturated heterocycles. The number of aliphatic hydroxyl groups excluding tert-OH is 1. The van der Waals surface area contributed by atoms with Crippen LogP contribution < -0.4 is 5.32 Å². The number of aliphatic hydroxyl groups is 1. The van der Waals surface area contributed by atoms with Gasteiger partial charge < -0.3 is 20.4 Å². The third kappa shape index (κ3) is 3.87. The zero-order chi connectivity index (χ0) is 13.7. The molecule has 2 amide bonds. The first-order chi connectivity index (χ1) is 8.45. The Morgan fingerprint density at radius 3 is 2.67 bits per heavy atom. The van der Waals surface area contributed by atoms with Gasteiger partial charge in [-0.1, -0.05) is 0 Å². The van der Waals surface area contributed by atoms with E-state index in [-0.39, 0.29) is 12.6 Å². The topological polar surface area (TPSA) is 89.9 Å². The SMILES string of the molecule is CC(NC(=O)N1CCC(CCO)C1)C(C)C(=O)O. The molecule has 3 unspecified atom stereocenters. The molecule has 1 aliphatic heterocycles. The summed E-state index contributed by atoms with van der Waals surface area (Å²) in [5.74, 6) is -1.17. The maximum atomic E-state index is 11.9. The Morgan fingerprint density at radius 2 is 2.11 bits per heavy atom. The molecule has 18 heavy (non-hydrogen) atoms. The number of rotatable bonds is 5. The number of hydrogen-bond acceptors (Lipinski definition) is 3. The Hall–Kier alpha value is -1.30. The van der Waals surface area contributed by atoms with E-state index in [1.165, 1.54) is 0 Å². The summed E-state index contributed by atoms with van der Waals surface area (Å²) < 4.78 is 0. The van der Waals surface area contributed by atoms with Crippen LogP contribution in [0.1, 0.15) is 26.7 Å². The van der Waals surface area contributed by atoms with Crippen LogP contribution in [0.15, 0.2) is 0 Å². The normalized spacial score (nSPS) is 22.6. The molecule has 1 heterocycles. The van der Waals surface area contributed by atoms with E-state index in [0.29, 0.717) is 25.4 Å². The highest BCUT2D eigenvalue weighted by molar-refractivity contribution is 5.76. The van der Waals surface area contributed by atoms with Crippen LogP contribution in [0.4, 0.5) is 4.79 Å². The lowest BCUT2D eigenvalue weighted by Crippen LogP contribution is -2.46. The van der Waals surface area contributed by atoms with E-state index in [9.17, 15) is 9.59 Å². The molecule has 0 aliphatic carbocycles. The zero-order valence-corrected chi connectivity index (χ0v) is 10.9. The van der Waals surface area contributed by atoms with Crippen LogP contribution in [0.2, 0.25) is 0 Å². The Morgan fingerprint density at radius 1 is 1.44 bits per heavy atom. The molecule has 104 valence electrons. The minimum Gasteiger partial charge on any atom is -0.481 e. The van der Waals surface area contributed by atoms with E-state index in [0.717, 1.165) is 6.42 Å². The summed E-state index contributed by atoms with van der Waals surface area (Å²) in [6.45, 7) is 4.72. The predicted octanol–water partition coefficient (Wildman–Crippen LogP) is 0.509. The third-order valence-corrected chi connectivity index (χ3v) is 3.60. The minimum absolute atomic E-state index is 0.145. The van der Waals surface area contributed by atoms with Crippen molar-refractivity contribution < 1.29 is 19.8 Å². The predicted molar refractivity (Wildman–Crippen MR) is 66.2 cm³/mol. The molecule has 0 aromatic rings. The van der Waals surface area contributed by atoms with E-state index in [1.54, 1.807) is 18.7 Å². The van der Waals surface area contributed by atoms with Gasteiger partial charge >= 0.3 is 12.0 Å². The van der Waals surface area contributed by atoms with Crippen molar-refractivity contribution in [3.63, 3.8) is 0 Å². The van der Waals surface area contributed by atoms with Crippen LogP contribution in [-0.4, -0.2) is 52.9 Å². The Kier molecular flexibility index (Phi) is 5.40. The van der Waals surface area contributed by atoms with Gasteiger partial charge in [0.05, 0.1) is 5.92 Å². The van der Waals surface area contributed by atoms with Crippen molar-refractivity contribution in [2.45, 2.75) is 32.7 Å². The number of likely N-dealkylation sites (tertiary alicyclic amines) is 1. The fraction of sp³-hybridized carbons (Fsp3) is 0.833. The van der Waals surface area contributed by atoms with Gasteiger partial charge in [0.15, 0.2) is 0 Å². The lowest BCUT2D eigenvalue weighted by atomic mass is 10.0. The zero-order valence-electron chi connectivity index (χ0n) is 10.9. The molecule has 1 rings (SSSR count). The van der Waals surface area contributed by atoms with E-state index in [4.69, 9.17) is 10.2 Å². The van der Waals surface area contributed by atoms with Gasteiger partial charge in [0.25, 0.3) is 0 Å². The number of amides is 2. The van der Waals surface area contributed by atoms with Gasteiger partial charge in [0, 0.05) is 25.7 Å². The number of carboxylic acids is 1. The van der Waals surface area contributed by atoms with Gasteiger partial charge in [-0.3, -0.25) is 4.79 Å². The fourth-order valence-electron chi connectivity index (χ4n) is 2.06. The third-order valence-electron chi connectivity index (χ3n) is 3.60. The first-order valence-electron chi connectivity index (χ1n) is 6.34. The maximum Gasteiger partial charge on any atom is 0.317 e. The number of nitrogens with zero attached hydrogens (tertiary/aromatic N) is 1. The van der Waals surface area contributed by atoms with Crippen molar-refractivity contribution >= 4 is 12.0 Å². The molecule has 0 aromatic carbocycles. The van der Waals surface area contributed by atoms with E-state index < -0.39 is 17.9 Å². The summed E-state index contributed by atoms with van der Waals surface area (Å²) in [5.41, 5.74) is 0. The number of urea groups is 1. The molecule has 0 radical (unpaired) electrons. The smallest absolute Gasteiger partial charge is 0.317 e. The highest BCUT2D eigenvalue weighted by atomic mass is 16.4. The lowest BCUT2D eigenvalue weighted by molar-refractivity contribution is -0.141. The van der Waals surface area contributed by atoms with Gasteiger partial charge in [-0.2, -0.15) is 0 Å². The molecule has 1 aliphatic rings. The largest absolute Gasteiger partial charge is 0.481 e. The fourth-order valence-corrected chi connectivity index (χ4v) is 2.06. The molecular formula is C12H22N2O4. The lowest BCUT2D eigenvalue weighted by Gasteiger charge is -2.23. The molecule has 6 heteroatoms. The van der Waals surface area contributed by atoms with Gasteiger partial charge in [-0.05, 0) is 32.6 Å². The summed E-state index contributed by atoms with van der Waals surface area (Å²) in [6, 6.07) is -0.608. The summed E-state index contributed by atoms with van der Waals surface area (Å²) in [6.07, 6.45) is 1.61. The average Bonchev–Trinajstić information content (AvgIpc) is 2.77. The molecular weight excluding hydrogens is 236 g/mol. The highest BCUT2D eigenvalue weighted by Gasteiger charge is 2.28. The van der Waals surface area contributed by atoms with Crippen molar-refractivity contribution in [1.82, 2.24) is 10.2 Å². The molecule has 1 fully saturated rings. The molecule has 6 nitrogen and oxygen atoms in total. The number of nitrogens with one attached hydrogen (secondary N) is 1. The van der Waals surface area contributed by atoms with Gasteiger partial charge in [0.2, 0.25) is 0 Å². The van der Waals surface area contributed by atoms with Crippen molar-refractivity contribution in [1.29, 1.82) is 0 Å². The first kappa shape index (κ1) is 14.8. The van der Waals surface area contributed by atoms with Crippen molar-refractivity contribution in [3.05, 3.63) is 0 Å². The average molecular weight is 258 g/mol. The summed E-state index contributed by atoms with van der Waals surface area (Å²) in [5, 5.41) is 20.4. The van der Waals surface area contributed by atoms with E-state index in [2.05, 4.69) is 5.32 Å². The van der Waals surface area contributed by atoms with Crippen molar-refractivity contribution in [3.8, 4) is 0 Å². The minimum atomic E-state index is -0.914. The van der Waals surface area contributed by atoms with Crippen molar-refractivity contribution in [2.24, 2.45) is 11.8 Å². The van der Waals surface area contributed by atoms with Crippen LogP contribution >= 0.6 is 0 Å². The van der Waals surface area contributed by atoms with Crippen LogP contribution in [-0.2, 0) is 4.79 Å². The molecule has 0 saturated carbocycles. The second kappa shape index (κ2) is 6.58. The Labute approximate surface area is 107 Å². The van der Waals surface area contributed by atoms with E-state index in [1.807, 2.05) is 0 Å². The summed E-state index contributed by atoms with van der Waals surface area (Å²) in [4.78, 5) is 24.4. The number of carboxylic acid groups (broad SMARTS) is 1. The number of carbonyl (C=O) groups is 2. The van der Waals surface area contributed by atoms with Crippen molar-refractivity contribution in [2.75, 3.05) is 19.7 Å². The molecule has 0 aromatic heterocycles. The molecule has 3 N–H and O–H groups in total. The van der Waals surface area contributed by atoms with Gasteiger partial charge in [-0.15, -0.1) is 0 Å². The first-order valence-corrected chi connectivity index (χ1v) is 6.34. The van der Waals surface area contributed by atoms with Crippen LogP contribution in [0, 0.1) is 11.8 Å². The monoisotopic (exact) mass is 258 g/mol. The molecule has 0 bridgehead atoms. The number of aliphatic carboxylic acids is 1. The van der Waals surface area contributed by atoms with E-state index >= 15 is 0 Å². The highest BCUT2D eigenvalue weighted by Crippen LogP contribution is 2.19. The standard InChI is InChI=1S/C12H22N2O4/c1-8(11(16)17)9(2)13-12(18)14-5-3-10(7-14)4-6-15/h8-10,15H,3-7H2,1-2H3,(H,13,18)(H,16,17).